The first-order valence-corrected chi connectivity index (χ1v) is 33.8. The van der Waals surface area contributed by atoms with E-state index in [1.54, 1.807) is 0 Å². The van der Waals surface area contributed by atoms with E-state index in [-0.39, 0.29) is 53.6 Å². The molecule has 0 N–H and O–H groups in total. The van der Waals surface area contributed by atoms with Crippen LogP contribution < -0.4 is 9.30 Å². The summed E-state index contributed by atoms with van der Waals surface area (Å²) in [5, 5.41) is 2.18. The van der Waals surface area contributed by atoms with Gasteiger partial charge in [0.15, 0.2) is 0 Å². The predicted octanol–water partition coefficient (Wildman–Crippen LogP) is 21.1. The van der Waals surface area contributed by atoms with Gasteiger partial charge in [-0.05, 0) is 146 Å². The summed E-state index contributed by atoms with van der Waals surface area (Å²) in [6, 6.07) is 107. The minimum absolute atomic E-state index is 0. The Balaban J connectivity index is 0.00000661. The Hall–Kier alpha value is -10.5. The molecular formula is C91H66N4OPt-2. The summed E-state index contributed by atoms with van der Waals surface area (Å²) in [6.45, 7) is 17.2. The summed E-state index contributed by atoms with van der Waals surface area (Å²) >= 11 is 0. The molecule has 0 radical (unpaired) electrons. The number of pyridine rings is 1. The number of hydrogen-bond acceptors (Lipinski definition) is 2. The minimum atomic E-state index is -0.359. The number of imidazole rings is 1. The smallest absolute Gasteiger partial charge is 0.268 e. The molecule has 468 valence electrons. The van der Waals surface area contributed by atoms with Crippen molar-refractivity contribution in [3.63, 3.8) is 0 Å². The molecule has 0 fully saturated rings. The number of ether oxygens (including phenoxy) is 1. The van der Waals surface area contributed by atoms with Gasteiger partial charge in [0, 0.05) is 71.4 Å². The molecule has 12 aromatic carbocycles. The Labute approximate surface area is 580 Å². The zero-order chi connectivity index (χ0) is 64.4. The van der Waals surface area contributed by atoms with Crippen molar-refractivity contribution >= 4 is 32.8 Å². The van der Waals surface area contributed by atoms with Crippen LogP contribution in [-0.4, -0.2) is 14.1 Å². The minimum Gasteiger partial charge on any atom is -0.510 e. The molecule has 4 heterocycles. The van der Waals surface area contributed by atoms with E-state index in [4.69, 9.17) is 9.72 Å². The van der Waals surface area contributed by atoms with Crippen molar-refractivity contribution in [1.29, 1.82) is 0 Å². The van der Waals surface area contributed by atoms with E-state index < -0.39 is 0 Å². The van der Waals surface area contributed by atoms with Crippen LogP contribution in [0, 0.1) is 23.9 Å². The maximum absolute atomic E-state index is 7.01. The Morgan fingerprint density at radius 1 is 0.402 bits per heavy atom. The molecule has 0 saturated carbocycles. The summed E-state index contributed by atoms with van der Waals surface area (Å²) in [6.07, 6.45) is 5.89. The predicted molar refractivity (Wildman–Crippen MR) is 387 cm³/mol. The Morgan fingerprint density at radius 2 is 0.907 bits per heavy atom. The van der Waals surface area contributed by atoms with E-state index >= 15 is 0 Å². The van der Waals surface area contributed by atoms with Crippen LogP contribution >= 0.6 is 0 Å². The van der Waals surface area contributed by atoms with Gasteiger partial charge in [-0.25, -0.2) is 4.98 Å². The van der Waals surface area contributed by atoms with Gasteiger partial charge in [-0.1, -0.05) is 266 Å². The zero-order valence-corrected chi connectivity index (χ0v) is 57.3. The third-order valence-corrected chi connectivity index (χ3v) is 23.9. The molecule has 3 aromatic heterocycles. The molecule has 0 saturated heterocycles. The van der Waals surface area contributed by atoms with Crippen molar-refractivity contribution in [1.82, 2.24) is 14.1 Å². The number of rotatable bonds is 6. The van der Waals surface area contributed by atoms with Crippen LogP contribution in [0.1, 0.15) is 98.5 Å². The van der Waals surface area contributed by atoms with Crippen molar-refractivity contribution < 1.29 is 30.4 Å². The van der Waals surface area contributed by atoms with Gasteiger partial charge < -0.3 is 13.9 Å². The van der Waals surface area contributed by atoms with E-state index in [1.807, 2.05) is 18.3 Å². The molecule has 5 aliphatic rings. The molecule has 1 spiro atoms. The summed E-state index contributed by atoms with van der Waals surface area (Å²) in [4.78, 5) is 5.13. The number of nitrogens with zero attached hydrogens (tertiary/aromatic N) is 4. The average molecular weight is 1430 g/mol. The van der Waals surface area contributed by atoms with Crippen molar-refractivity contribution in [3.05, 3.63) is 342 Å². The SMILES string of the molecule is CC(C)(C)c1ccnc(-n2c3[c-]c(Oc4[c-]c(-n5[c-][n+]6c7c(cccc75)-c5ccccc5-c5ccccc5-c5cccc(-c7ccccc7)c5-6)ccc4)ccc3c3cc(-c4ccc5c(c4)C4(C)c6ccccc6C6(C)c7ccccc7C7(C)c8ccccc8C5(C)C764)ccc32)c1.[Pt]. The van der Waals surface area contributed by atoms with Gasteiger partial charge in [0.25, 0.3) is 6.33 Å². The van der Waals surface area contributed by atoms with E-state index in [2.05, 4.69) is 335 Å². The molecule has 20 rings (SSSR count). The van der Waals surface area contributed by atoms with E-state index in [0.29, 0.717) is 11.5 Å². The molecule has 15 aromatic rings. The molecule has 1 aliphatic heterocycles. The number of fused-ring (bicyclic) bond motifs is 22. The van der Waals surface area contributed by atoms with Crippen LogP contribution in [0.5, 0.6) is 11.5 Å². The fourth-order valence-electron chi connectivity index (χ4n) is 20.5. The van der Waals surface area contributed by atoms with Crippen LogP contribution in [0.2, 0.25) is 0 Å². The summed E-state index contributed by atoms with van der Waals surface area (Å²) in [7, 11) is 0. The Kier molecular flexibility index (Phi) is 12.0. The van der Waals surface area contributed by atoms with E-state index in [9.17, 15) is 0 Å². The van der Waals surface area contributed by atoms with Crippen LogP contribution in [0.15, 0.2) is 273 Å². The third-order valence-electron chi connectivity index (χ3n) is 23.9. The molecule has 5 unspecified atom stereocenters. The van der Waals surface area contributed by atoms with Gasteiger partial charge in [0.1, 0.15) is 5.82 Å². The van der Waals surface area contributed by atoms with Crippen molar-refractivity contribution in [2.45, 2.75) is 75.5 Å². The van der Waals surface area contributed by atoms with Crippen molar-refractivity contribution in [3.8, 4) is 84.3 Å². The second-order valence-electron chi connectivity index (χ2n) is 29.1. The van der Waals surface area contributed by atoms with Crippen LogP contribution in [-0.2, 0) is 48.1 Å². The first-order chi connectivity index (χ1) is 46.8. The fraction of sp³-hybridized carbons (Fsp3) is 0.143. The van der Waals surface area contributed by atoms with Gasteiger partial charge in [-0.3, -0.25) is 4.57 Å². The molecule has 6 heteroatoms. The third kappa shape index (κ3) is 7.12. The standard InChI is InChI=1S/C91H66N4O.Pt/c1-86(2,3)59-48-49-92-83(52-59)95-80-47-43-57(58-42-46-78-79(51-58)90(7)77-40-20-19-39-76(77)88(5)73-36-16-15-35-72(73)87(4)74-37-17-18-38-75(74)89(78,6)91(87,88)90)50-71(80)68-45-44-62(54-82(68)95)96-61-27-21-26-60(53-61)93-55-94-84-63(56-24-9-8-10-25-56)32-22-33-69(84)66-30-13-11-28-64(66)65-29-12-14-31-67(65)70-34-23-41-81(93)85(70)94;/h8-52H,1-7H3;/q-2;. The molecular weight excluding hydrogens is 1360 g/mol. The topological polar surface area (TPSA) is 35.9 Å². The van der Waals surface area contributed by atoms with Gasteiger partial charge in [0.2, 0.25) is 0 Å². The number of benzene rings is 12. The van der Waals surface area contributed by atoms with Gasteiger partial charge >= 0.3 is 0 Å². The Bertz CT molecular complexity index is 5870. The fourth-order valence-corrected chi connectivity index (χ4v) is 20.5. The first-order valence-electron chi connectivity index (χ1n) is 33.8. The average Bonchev–Trinajstić information content (AvgIpc) is 1.41. The van der Waals surface area contributed by atoms with Crippen LogP contribution in [0.3, 0.4) is 0 Å². The van der Waals surface area contributed by atoms with E-state index in [1.165, 1.54) is 66.8 Å². The molecule has 0 amide bonds. The van der Waals surface area contributed by atoms with Crippen molar-refractivity contribution in [2.24, 2.45) is 5.41 Å². The second-order valence-corrected chi connectivity index (χ2v) is 29.1. The van der Waals surface area contributed by atoms with Gasteiger partial charge in [-0.15, -0.1) is 29.7 Å². The number of aromatic nitrogens is 4. The zero-order valence-electron chi connectivity index (χ0n) is 55.0. The van der Waals surface area contributed by atoms with E-state index in [0.717, 1.165) is 89.0 Å². The monoisotopic (exact) mass is 1430 g/mol. The normalized spacial score (nSPS) is 20.9. The number of para-hydroxylation sites is 2. The maximum atomic E-state index is 7.01. The molecule has 5 nitrogen and oxygen atoms in total. The maximum Gasteiger partial charge on any atom is 0.268 e. The molecule has 5 atom stereocenters. The first kappa shape index (κ1) is 57.9. The molecule has 0 bridgehead atoms. The van der Waals surface area contributed by atoms with Crippen LogP contribution in [0.25, 0.3) is 106 Å². The largest absolute Gasteiger partial charge is 0.510 e. The summed E-state index contributed by atoms with van der Waals surface area (Å²) in [5.74, 6) is 1.96. The van der Waals surface area contributed by atoms with Gasteiger partial charge in [0.05, 0.1) is 16.7 Å². The van der Waals surface area contributed by atoms with Crippen LogP contribution in [0.4, 0.5) is 0 Å². The Morgan fingerprint density at radius 3 is 1.55 bits per heavy atom. The van der Waals surface area contributed by atoms with Crippen molar-refractivity contribution in [2.75, 3.05) is 0 Å². The second kappa shape index (κ2) is 20.1. The number of hydrogen-bond donors (Lipinski definition) is 0. The van der Waals surface area contributed by atoms with Gasteiger partial charge in [-0.2, -0.15) is 18.2 Å². The quantitative estimate of drug-likeness (QED) is 0.123. The molecule has 4 aliphatic carbocycles. The summed E-state index contributed by atoms with van der Waals surface area (Å²) in [5.41, 5.74) is 28.5. The molecule has 97 heavy (non-hydrogen) atoms. The summed E-state index contributed by atoms with van der Waals surface area (Å²) < 4.78 is 13.7.